The van der Waals surface area contributed by atoms with Crippen molar-refractivity contribution in [2.45, 2.75) is 44.6 Å². The van der Waals surface area contributed by atoms with Gasteiger partial charge in [-0.1, -0.05) is 18.2 Å². The van der Waals surface area contributed by atoms with E-state index in [0.29, 0.717) is 29.7 Å². The van der Waals surface area contributed by atoms with Crippen molar-refractivity contribution in [3.05, 3.63) is 70.6 Å². The molecule has 0 spiro atoms. The van der Waals surface area contributed by atoms with Gasteiger partial charge in [0.25, 0.3) is 11.8 Å². The van der Waals surface area contributed by atoms with E-state index in [1.165, 1.54) is 6.07 Å². The van der Waals surface area contributed by atoms with Crippen LogP contribution in [0.15, 0.2) is 63.8 Å². The molecular weight excluding hydrogens is 431 g/mol. The summed E-state index contributed by atoms with van der Waals surface area (Å²) >= 11 is 0. The number of azo groups is 1. The van der Waals surface area contributed by atoms with Gasteiger partial charge in [0.2, 0.25) is 0 Å². The Kier molecular flexibility index (Phi) is 7.63. The second kappa shape index (κ2) is 10.8. The van der Waals surface area contributed by atoms with E-state index in [-0.39, 0.29) is 23.7 Å². The molecule has 34 heavy (non-hydrogen) atoms. The van der Waals surface area contributed by atoms with E-state index in [2.05, 4.69) is 15.5 Å². The zero-order valence-electron chi connectivity index (χ0n) is 19.8. The molecule has 1 heterocycles. The molecule has 7 heteroatoms. The number of nitrogens with zero attached hydrogens (tertiary/aromatic N) is 3. The van der Waals surface area contributed by atoms with Crippen LogP contribution in [0.4, 0.5) is 4.39 Å². The number of nitrogens with one attached hydrogen (secondary N) is 1. The van der Waals surface area contributed by atoms with Gasteiger partial charge in [-0.05, 0) is 93.6 Å². The zero-order valence-corrected chi connectivity index (χ0v) is 19.8. The summed E-state index contributed by atoms with van der Waals surface area (Å²) in [4.78, 5) is 26.6. The molecule has 0 aromatic heterocycles. The van der Waals surface area contributed by atoms with Crippen molar-refractivity contribution < 1.29 is 14.0 Å². The van der Waals surface area contributed by atoms with E-state index in [1.807, 2.05) is 31.1 Å². The van der Waals surface area contributed by atoms with Crippen molar-refractivity contribution in [1.82, 2.24) is 10.2 Å². The summed E-state index contributed by atoms with van der Waals surface area (Å²) in [5, 5.41) is 11.0. The van der Waals surface area contributed by atoms with Gasteiger partial charge >= 0.3 is 0 Å². The summed E-state index contributed by atoms with van der Waals surface area (Å²) in [7, 11) is 3.90. The molecule has 1 unspecified atom stereocenters. The fourth-order valence-electron chi connectivity index (χ4n) is 4.60. The van der Waals surface area contributed by atoms with Gasteiger partial charge in [-0.2, -0.15) is 5.11 Å². The van der Waals surface area contributed by atoms with Gasteiger partial charge in [0.1, 0.15) is 5.82 Å². The lowest BCUT2D eigenvalue weighted by Crippen LogP contribution is -2.31. The van der Waals surface area contributed by atoms with Crippen molar-refractivity contribution in [1.29, 1.82) is 0 Å². The van der Waals surface area contributed by atoms with E-state index >= 15 is 0 Å². The first-order valence-electron chi connectivity index (χ1n) is 11.9. The average molecular weight is 463 g/mol. The van der Waals surface area contributed by atoms with Crippen LogP contribution in [-0.4, -0.2) is 49.9 Å². The van der Waals surface area contributed by atoms with Crippen LogP contribution in [-0.2, 0) is 11.2 Å². The number of amides is 2. The molecule has 0 fully saturated rings. The predicted octanol–water partition coefficient (Wildman–Crippen LogP) is 4.95. The van der Waals surface area contributed by atoms with Gasteiger partial charge in [0.05, 0.1) is 6.04 Å². The number of halogens is 1. The lowest BCUT2D eigenvalue weighted by molar-refractivity contribution is -0.115. The third-order valence-electron chi connectivity index (χ3n) is 6.48. The highest BCUT2D eigenvalue weighted by Crippen LogP contribution is 2.34. The number of benzene rings is 2. The number of likely N-dealkylation sites (N-methyl/N-ethyl adjacent to an activating group) is 1. The maximum atomic E-state index is 14.8. The predicted molar refractivity (Wildman–Crippen MR) is 130 cm³/mol. The largest absolute Gasteiger partial charge is 0.351 e. The summed E-state index contributed by atoms with van der Waals surface area (Å²) in [6.45, 7) is 1.29. The lowest BCUT2D eigenvalue weighted by atomic mass is 9.84. The molecule has 178 valence electrons. The van der Waals surface area contributed by atoms with Crippen LogP contribution in [0.3, 0.4) is 0 Å². The molecule has 2 aromatic carbocycles. The van der Waals surface area contributed by atoms with Crippen LogP contribution in [0.2, 0.25) is 0 Å². The third kappa shape index (κ3) is 5.65. The molecule has 4 rings (SSSR count). The Morgan fingerprint density at radius 2 is 1.97 bits per heavy atom. The van der Waals surface area contributed by atoms with Gasteiger partial charge in [-0.25, -0.2) is 4.39 Å². The van der Waals surface area contributed by atoms with Gasteiger partial charge in [-0.15, -0.1) is 5.11 Å². The van der Waals surface area contributed by atoms with Gasteiger partial charge in [-0.3, -0.25) is 9.59 Å². The Morgan fingerprint density at radius 3 is 2.79 bits per heavy atom. The molecule has 0 bridgehead atoms. The molecule has 1 atom stereocenters. The SMILES string of the molecule is CN(C)CCNC(=O)c1cccc(-c2cc(CCC3N=NC(=O)C4=C3CCCC4)ccc2F)c1. The van der Waals surface area contributed by atoms with Crippen LogP contribution in [0.5, 0.6) is 0 Å². The van der Waals surface area contributed by atoms with Crippen LogP contribution in [0.1, 0.15) is 48.0 Å². The maximum absolute atomic E-state index is 14.8. The molecule has 2 aliphatic rings. The standard InChI is InChI=1S/C27H31FN4O2/c1-32(2)15-14-29-26(33)20-7-5-6-19(17-20)23-16-18(10-12-24(23)28)11-13-25-21-8-3-4-9-22(21)27(34)31-30-25/h5-7,10,12,16-17,25H,3-4,8-9,11,13-15H2,1-2H3,(H,29,33). The number of hydrogen-bond acceptors (Lipinski definition) is 4. The smallest absolute Gasteiger partial charge is 0.291 e. The van der Waals surface area contributed by atoms with E-state index in [9.17, 15) is 14.0 Å². The third-order valence-corrected chi connectivity index (χ3v) is 6.48. The normalized spacial score (nSPS) is 17.8. The second-order valence-electron chi connectivity index (χ2n) is 9.24. The Morgan fingerprint density at radius 1 is 1.15 bits per heavy atom. The minimum Gasteiger partial charge on any atom is -0.351 e. The number of hydrogen-bond donors (Lipinski definition) is 1. The molecule has 2 amide bonds. The Hall–Kier alpha value is -3.19. The lowest BCUT2D eigenvalue weighted by Gasteiger charge is -2.25. The Balaban J connectivity index is 1.47. The average Bonchev–Trinajstić information content (AvgIpc) is 2.84. The summed E-state index contributed by atoms with van der Waals surface area (Å²) in [6.07, 6.45) is 5.24. The van der Waals surface area contributed by atoms with E-state index in [4.69, 9.17) is 0 Å². The summed E-state index contributed by atoms with van der Waals surface area (Å²) in [6, 6.07) is 12.1. The first kappa shape index (κ1) is 24.0. The molecule has 6 nitrogen and oxygen atoms in total. The second-order valence-corrected chi connectivity index (χ2v) is 9.24. The zero-order chi connectivity index (χ0) is 24.1. The van der Waals surface area contributed by atoms with Crippen LogP contribution >= 0.6 is 0 Å². The molecular formula is C27H31FN4O2. The number of carbonyl (C=O) groups excluding carboxylic acids is 2. The summed E-state index contributed by atoms with van der Waals surface area (Å²) in [5.41, 5.74) is 4.62. The van der Waals surface area contributed by atoms with Gasteiger partial charge < -0.3 is 10.2 Å². The van der Waals surface area contributed by atoms with Crippen LogP contribution < -0.4 is 5.32 Å². The van der Waals surface area contributed by atoms with Crippen molar-refractivity contribution in [3.63, 3.8) is 0 Å². The van der Waals surface area contributed by atoms with Crippen molar-refractivity contribution in [2.75, 3.05) is 27.2 Å². The highest BCUT2D eigenvalue weighted by Gasteiger charge is 2.28. The van der Waals surface area contributed by atoms with Crippen LogP contribution in [0, 0.1) is 5.82 Å². The summed E-state index contributed by atoms with van der Waals surface area (Å²) in [5.74, 6) is -0.677. The molecule has 1 aliphatic heterocycles. The highest BCUT2D eigenvalue weighted by molar-refractivity contribution is 5.96. The minimum atomic E-state index is -0.325. The first-order chi connectivity index (χ1) is 16.4. The monoisotopic (exact) mass is 462 g/mol. The number of rotatable bonds is 8. The fourth-order valence-corrected chi connectivity index (χ4v) is 4.60. The number of carbonyl (C=O) groups is 2. The van der Waals surface area contributed by atoms with Crippen molar-refractivity contribution in [2.24, 2.45) is 10.2 Å². The Bertz CT molecular complexity index is 1140. The topological polar surface area (TPSA) is 74.1 Å². The molecule has 0 saturated heterocycles. The summed E-state index contributed by atoms with van der Waals surface area (Å²) < 4.78 is 14.8. The molecule has 0 radical (unpaired) electrons. The van der Waals surface area contributed by atoms with E-state index in [0.717, 1.165) is 55.4 Å². The number of aryl methyl sites for hydroxylation is 1. The van der Waals surface area contributed by atoms with Crippen molar-refractivity contribution >= 4 is 11.8 Å². The van der Waals surface area contributed by atoms with E-state index in [1.54, 1.807) is 24.3 Å². The molecule has 2 aromatic rings. The van der Waals surface area contributed by atoms with Crippen molar-refractivity contribution in [3.8, 4) is 11.1 Å². The minimum absolute atomic E-state index is 0.0734. The highest BCUT2D eigenvalue weighted by atomic mass is 19.1. The maximum Gasteiger partial charge on any atom is 0.291 e. The molecule has 1 aliphatic carbocycles. The Labute approximate surface area is 200 Å². The first-order valence-corrected chi connectivity index (χ1v) is 11.9. The van der Waals surface area contributed by atoms with Gasteiger partial charge in [0, 0.05) is 29.8 Å². The van der Waals surface area contributed by atoms with Gasteiger partial charge in [0.15, 0.2) is 0 Å². The molecule has 1 N–H and O–H groups in total. The van der Waals surface area contributed by atoms with E-state index < -0.39 is 0 Å². The fraction of sp³-hybridized carbons (Fsp3) is 0.407. The molecule has 0 saturated carbocycles. The van der Waals surface area contributed by atoms with Crippen LogP contribution in [0.25, 0.3) is 11.1 Å². The quantitative estimate of drug-likeness (QED) is 0.603.